The Morgan fingerprint density at radius 2 is 1.93 bits per heavy atom. The highest BCUT2D eigenvalue weighted by molar-refractivity contribution is 4.97. The molecule has 0 N–H and O–H groups in total. The Bertz CT molecular complexity index is 188. The van der Waals surface area contributed by atoms with E-state index in [1.54, 1.807) is 6.08 Å². The van der Waals surface area contributed by atoms with Gasteiger partial charge in [-0.25, -0.2) is 0 Å². The highest BCUT2D eigenvalue weighted by Crippen LogP contribution is 2.10. The van der Waals surface area contributed by atoms with E-state index in [9.17, 15) is 10.1 Å². The first-order valence-corrected chi connectivity index (χ1v) is 5.44. The van der Waals surface area contributed by atoms with Gasteiger partial charge >= 0.3 is 0 Å². The van der Waals surface area contributed by atoms with Crippen molar-refractivity contribution in [1.82, 2.24) is 0 Å². The molecule has 0 amide bonds. The van der Waals surface area contributed by atoms with Crippen molar-refractivity contribution in [2.75, 3.05) is 6.54 Å². The van der Waals surface area contributed by atoms with Gasteiger partial charge in [0.15, 0.2) is 0 Å². The van der Waals surface area contributed by atoms with Crippen LogP contribution in [0.15, 0.2) is 11.6 Å². The largest absolute Gasteiger partial charge is 0.264 e. The Balaban J connectivity index is 3.38. The lowest BCUT2D eigenvalue weighted by Gasteiger charge is -2.00. The quantitative estimate of drug-likeness (QED) is 0.259. The van der Waals surface area contributed by atoms with Gasteiger partial charge in [-0.15, -0.1) is 0 Å². The van der Waals surface area contributed by atoms with Crippen LogP contribution in [0.2, 0.25) is 0 Å². The Morgan fingerprint density at radius 1 is 1.29 bits per heavy atom. The van der Waals surface area contributed by atoms with Gasteiger partial charge in [0.2, 0.25) is 6.54 Å². The molecule has 0 fully saturated rings. The molecule has 0 aliphatic rings. The van der Waals surface area contributed by atoms with Gasteiger partial charge in [-0.3, -0.25) is 10.1 Å². The lowest BCUT2D eigenvalue weighted by atomic mass is 10.1. The fraction of sp³-hybridized carbons (Fsp3) is 0.818. The van der Waals surface area contributed by atoms with Crippen LogP contribution in [0.1, 0.15) is 52.4 Å². The molecule has 3 heteroatoms. The molecule has 0 aromatic heterocycles. The normalized spacial score (nSPS) is 11.7. The number of nitro groups is 1. The molecule has 0 unspecified atom stereocenters. The lowest BCUT2D eigenvalue weighted by Crippen LogP contribution is -1.97. The van der Waals surface area contributed by atoms with Crippen molar-refractivity contribution in [1.29, 1.82) is 0 Å². The molecule has 0 saturated carbocycles. The second-order valence-corrected chi connectivity index (χ2v) is 3.73. The third-order valence-corrected chi connectivity index (χ3v) is 2.26. The Morgan fingerprint density at radius 3 is 2.50 bits per heavy atom. The van der Waals surface area contributed by atoms with E-state index in [1.807, 2.05) is 6.92 Å². The Hall–Kier alpha value is -0.860. The molecule has 82 valence electrons. The molecule has 0 bridgehead atoms. The predicted octanol–water partition coefficient (Wildman–Crippen LogP) is 3.57. The standard InChI is InChI=1S/C11H21NO2/c1-3-4-5-6-7-8-11(2)9-10-12(13)14/h9H,3-8,10H2,1-2H3/b11-9+. The van der Waals surface area contributed by atoms with Gasteiger partial charge in [0, 0.05) is 4.92 Å². The van der Waals surface area contributed by atoms with Crippen LogP contribution < -0.4 is 0 Å². The third kappa shape index (κ3) is 9.23. The molecule has 0 rings (SSSR count). The maximum atomic E-state index is 10.1. The monoisotopic (exact) mass is 199 g/mol. The Labute approximate surface area is 86.4 Å². The summed E-state index contributed by atoms with van der Waals surface area (Å²) in [5, 5.41) is 10.1. The molecule has 0 radical (unpaired) electrons. The molecule has 0 atom stereocenters. The number of unbranched alkanes of at least 4 members (excludes halogenated alkanes) is 4. The van der Waals surface area contributed by atoms with Gasteiger partial charge < -0.3 is 0 Å². The van der Waals surface area contributed by atoms with E-state index in [-0.39, 0.29) is 11.5 Å². The van der Waals surface area contributed by atoms with Crippen LogP contribution in [0.25, 0.3) is 0 Å². The minimum atomic E-state index is -0.291. The van der Waals surface area contributed by atoms with Crippen LogP contribution >= 0.6 is 0 Å². The molecule has 0 saturated heterocycles. The minimum absolute atomic E-state index is 0.0270. The molecule has 0 aromatic rings. The Kier molecular flexibility index (Phi) is 8.19. The summed E-state index contributed by atoms with van der Waals surface area (Å²) >= 11 is 0. The van der Waals surface area contributed by atoms with Crippen molar-refractivity contribution in [3.8, 4) is 0 Å². The summed E-state index contributed by atoms with van der Waals surface area (Å²) in [5.74, 6) is 0. The van der Waals surface area contributed by atoms with E-state index in [1.165, 1.54) is 32.1 Å². The van der Waals surface area contributed by atoms with Crippen LogP contribution in [-0.4, -0.2) is 11.5 Å². The van der Waals surface area contributed by atoms with Crippen LogP contribution in [0.4, 0.5) is 0 Å². The zero-order valence-corrected chi connectivity index (χ0v) is 9.29. The SMILES string of the molecule is CCCCCCC/C(C)=C/C[N+](=O)[O-]. The second-order valence-electron chi connectivity index (χ2n) is 3.73. The maximum absolute atomic E-state index is 10.1. The topological polar surface area (TPSA) is 43.1 Å². The van der Waals surface area contributed by atoms with Gasteiger partial charge in [-0.05, 0) is 25.8 Å². The zero-order chi connectivity index (χ0) is 10.8. The second kappa shape index (κ2) is 8.73. The van der Waals surface area contributed by atoms with Crippen molar-refractivity contribution in [2.24, 2.45) is 0 Å². The number of rotatable bonds is 8. The van der Waals surface area contributed by atoms with Crippen molar-refractivity contribution in [2.45, 2.75) is 52.4 Å². The van der Waals surface area contributed by atoms with Crippen LogP contribution in [0.5, 0.6) is 0 Å². The van der Waals surface area contributed by atoms with E-state index in [2.05, 4.69) is 6.92 Å². The highest BCUT2D eigenvalue weighted by atomic mass is 16.6. The van der Waals surface area contributed by atoms with Crippen LogP contribution in [0.3, 0.4) is 0 Å². The van der Waals surface area contributed by atoms with E-state index in [4.69, 9.17) is 0 Å². The molecule has 3 nitrogen and oxygen atoms in total. The van der Waals surface area contributed by atoms with Gasteiger partial charge in [0.05, 0.1) is 0 Å². The molecular weight excluding hydrogens is 178 g/mol. The molecule has 0 aromatic carbocycles. The number of hydrogen-bond donors (Lipinski definition) is 0. The maximum Gasteiger partial charge on any atom is 0.222 e. The smallest absolute Gasteiger partial charge is 0.222 e. The van der Waals surface area contributed by atoms with Gasteiger partial charge in [-0.1, -0.05) is 38.2 Å². The zero-order valence-electron chi connectivity index (χ0n) is 9.29. The molecule has 0 aliphatic carbocycles. The summed E-state index contributed by atoms with van der Waals surface area (Å²) in [6.07, 6.45) is 9.00. The van der Waals surface area contributed by atoms with E-state index >= 15 is 0 Å². The van der Waals surface area contributed by atoms with Gasteiger partial charge in [0.1, 0.15) is 0 Å². The average molecular weight is 199 g/mol. The van der Waals surface area contributed by atoms with Gasteiger partial charge in [0.25, 0.3) is 0 Å². The summed E-state index contributed by atoms with van der Waals surface area (Å²) in [5.41, 5.74) is 1.15. The van der Waals surface area contributed by atoms with E-state index < -0.39 is 0 Å². The minimum Gasteiger partial charge on any atom is -0.264 e. The van der Waals surface area contributed by atoms with E-state index in [0.717, 1.165) is 12.0 Å². The van der Waals surface area contributed by atoms with Crippen molar-refractivity contribution >= 4 is 0 Å². The highest BCUT2D eigenvalue weighted by Gasteiger charge is 1.95. The van der Waals surface area contributed by atoms with Crippen molar-refractivity contribution in [3.05, 3.63) is 21.8 Å². The lowest BCUT2D eigenvalue weighted by molar-refractivity contribution is -0.468. The fourth-order valence-corrected chi connectivity index (χ4v) is 1.34. The number of hydrogen-bond acceptors (Lipinski definition) is 2. The summed E-state index contributed by atoms with van der Waals surface area (Å²) < 4.78 is 0. The third-order valence-electron chi connectivity index (χ3n) is 2.26. The van der Waals surface area contributed by atoms with Crippen LogP contribution in [0, 0.1) is 10.1 Å². The summed E-state index contributed by atoms with van der Waals surface area (Å²) in [4.78, 5) is 9.79. The fourth-order valence-electron chi connectivity index (χ4n) is 1.34. The number of allylic oxidation sites excluding steroid dienone is 1. The van der Waals surface area contributed by atoms with Crippen molar-refractivity contribution < 1.29 is 4.92 Å². The summed E-state index contributed by atoms with van der Waals surface area (Å²) in [6, 6.07) is 0. The molecular formula is C11H21NO2. The number of nitrogens with zero attached hydrogens (tertiary/aromatic N) is 1. The molecule has 0 spiro atoms. The first-order chi connectivity index (χ1) is 6.66. The first-order valence-electron chi connectivity index (χ1n) is 5.44. The van der Waals surface area contributed by atoms with Crippen molar-refractivity contribution in [3.63, 3.8) is 0 Å². The average Bonchev–Trinajstić information content (AvgIpc) is 2.14. The van der Waals surface area contributed by atoms with E-state index in [0.29, 0.717) is 0 Å². The summed E-state index contributed by atoms with van der Waals surface area (Å²) in [6.45, 7) is 4.15. The predicted molar refractivity (Wildman–Crippen MR) is 59.0 cm³/mol. The first kappa shape index (κ1) is 13.1. The summed E-state index contributed by atoms with van der Waals surface area (Å²) in [7, 11) is 0. The van der Waals surface area contributed by atoms with Gasteiger partial charge in [-0.2, -0.15) is 0 Å². The molecule has 0 heterocycles. The molecule has 14 heavy (non-hydrogen) atoms. The molecule has 0 aliphatic heterocycles. The van der Waals surface area contributed by atoms with Crippen LogP contribution in [-0.2, 0) is 0 Å².